The lowest BCUT2D eigenvalue weighted by molar-refractivity contribution is -0.0549. The molecule has 3 aromatic carbocycles. The summed E-state index contributed by atoms with van der Waals surface area (Å²) in [5, 5.41) is 31.5. The number of aromatic carboxylic acids is 2. The maximum absolute atomic E-state index is 11.6. The summed E-state index contributed by atoms with van der Waals surface area (Å²) in [5.74, 6) is -1.78. The lowest BCUT2D eigenvalue weighted by atomic mass is 9.64. The Kier molecular flexibility index (Phi) is 7.70. The van der Waals surface area contributed by atoms with Gasteiger partial charge >= 0.3 is 11.9 Å². The molecule has 2 fully saturated rings. The highest BCUT2D eigenvalue weighted by Gasteiger charge is 2.46. The molecule has 11 heteroatoms. The quantitative estimate of drug-likeness (QED) is 0.168. The number of carboxylic acid groups (broad SMARTS) is 2. The highest BCUT2D eigenvalue weighted by molar-refractivity contribution is 7.06. The van der Waals surface area contributed by atoms with Gasteiger partial charge in [-0.2, -0.15) is 4.37 Å². The molecule has 0 radical (unpaired) electrons. The number of carbonyl (C=O) groups is 2. The molecule has 42 heavy (non-hydrogen) atoms. The molecule has 2 aliphatic rings. The van der Waals surface area contributed by atoms with Gasteiger partial charge in [-0.1, -0.05) is 53.0 Å². The molecular formula is C31H24Cl3NO6S. The minimum atomic E-state index is -1.31. The van der Waals surface area contributed by atoms with Crippen LogP contribution in [0.15, 0.2) is 54.6 Å². The van der Waals surface area contributed by atoms with E-state index in [9.17, 15) is 24.9 Å². The van der Waals surface area contributed by atoms with Crippen molar-refractivity contribution in [3.8, 4) is 17.0 Å². The first-order valence-electron chi connectivity index (χ1n) is 13.2. The molecule has 0 bridgehead atoms. The molecule has 4 aromatic rings. The van der Waals surface area contributed by atoms with Gasteiger partial charge in [0.15, 0.2) is 0 Å². The molecular weight excluding hydrogens is 621 g/mol. The molecule has 2 saturated carbocycles. The molecule has 0 amide bonds. The van der Waals surface area contributed by atoms with Gasteiger partial charge in [-0.05, 0) is 91.0 Å². The van der Waals surface area contributed by atoms with Crippen molar-refractivity contribution < 1.29 is 29.6 Å². The molecule has 7 nitrogen and oxygen atoms in total. The average Bonchev–Trinajstić information content (AvgIpc) is 3.69. The van der Waals surface area contributed by atoms with E-state index in [4.69, 9.17) is 43.9 Å². The summed E-state index contributed by atoms with van der Waals surface area (Å²) >= 11 is 21.1. The zero-order valence-electron chi connectivity index (χ0n) is 21.9. The Morgan fingerprint density at radius 1 is 0.905 bits per heavy atom. The molecule has 0 saturated heterocycles. The Morgan fingerprint density at radius 3 is 2.21 bits per heavy atom. The van der Waals surface area contributed by atoms with E-state index in [2.05, 4.69) is 0 Å². The summed E-state index contributed by atoms with van der Waals surface area (Å²) in [6.07, 6.45) is 2.83. The van der Waals surface area contributed by atoms with E-state index in [0.717, 1.165) is 24.1 Å². The minimum absolute atomic E-state index is 0.148. The zero-order valence-corrected chi connectivity index (χ0v) is 25.0. The highest BCUT2D eigenvalue weighted by Crippen LogP contribution is 2.53. The van der Waals surface area contributed by atoms with Crippen LogP contribution < -0.4 is 4.74 Å². The summed E-state index contributed by atoms with van der Waals surface area (Å²) < 4.78 is 10.9. The van der Waals surface area contributed by atoms with Gasteiger partial charge in [0.25, 0.3) is 0 Å². The van der Waals surface area contributed by atoms with Crippen LogP contribution in [0, 0.1) is 0 Å². The fourth-order valence-corrected chi connectivity index (χ4v) is 7.52. The maximum atomic E-state index is 11.6. The number of carboxylic acids is 2. The minimum Gasteiger partial charge on any atom is -0.489 e. The summed E-state index contributed by atoms with van der Waals surface area (Å²) in [6.45, 7) is 0.249. The summed E-state index contributed by atoms with van der Waals surface area (Å²) in [5.41, 5.74) is 1.80. The van der Waals surface area contributed by atoms with Crippen LogP contribution in [0.5, 0.6) is 5.75 Å². The molecule has 216 valence electrons. The Bertz CT molecular complexity index is 1710. The SMILES string of the molecule is O=C(O)c1ccc(C2CC(O)(c3ccc(OCc4c(-c5c(Cl)cccc5Cl)nsc4C4CC4)cc3Cl)C2)cc1C(=O)O. The van der Waals surface area contributed by atoms with Gasteiger partial charge in [0.1, 0.15) is 12.4 Å². The monoisotopic (exact) mass is 643 g/mol. The van der Waals surface area contributed by atoms with Crippen LogP contribution in [-0.2, 0) is 12.2 Å². The van der Waals surface area contributed by atoms with Crippen molar-refractivity contribution in [2.45, 2.75) is 49.7 Å². The molecule has 0 spiro atoms. The second-order valence-corrected chi connectivity index (χ2v) is 12.8. The number of benzene rings is 3. The topological polar surface area (TPSA) is 117 Å². The van der Waals surface area contributed by atoms with E-state index in [-0.39, 0.29) is 23.7 Å². The van der Waals surface area contributed by atoms with Crippen molar-refractivity contribution in [2.75, 3.05) is 0 Å². The Morgan fingerprint density at radius 2 is 1.60 bits per heavy atom. The van der Waals surface area contributed by atoms with Crippen molar-refractivity contribution in [3.63, 3.8) is 0 Å². The Balaban J connectivity index is 1.19. The second kappa shape index (κ2) is 11.2. The van der Waals surface area contributed by atoms with Crippen molar-refractivity contribution in [1.82, 2.24) is 4.37 Å². The molecule has 6 rings (SSSR count). The Labute approximate surface area is 260 Å². The van der Waals surface area contributed by atoms with Crippen LogP contribution >= 0.6 is 46.3 Å². The van der Waals surface area contributed by atoms with E-state index in [0.29, 0.717) is 56.3 Å². The molecule has 2 aliphatic carbocycles. The van der Waals surface area contributed by atoms with Gasteiger partial charge in [-0.15, -0.1) is 0 Å². The zero-order chi connectivity index (χ0) is 29.8. The fraction of sp³-hybridized carbons (Fsp3) is 0.258. The van der Waals surface area contributed by atoms with Crippen LogP contribution in [0.3, 0.4) is 0 Å². The Hall–Kier alpha value is -3.14. The van der Waals surface area contributed by atoms with Gasteiger partial charge in [0.2, 0.25) is 0 Å². The molecule has 3 N–H and O–H groups in total. The van der Waals surface area contributed by atoms with Gasteiger partial charge in [-0.25, -0.2) is 9.59 Å². The van der Waals surface area contributed by atoms with Crippen molar-refractivity contribution in [3.05, 3.63) is 102 Å². The smallest absolute Gasteiger partial charge is 0.336 e. The summed E-state index contributed by atoms with van der Waals surface area (Å²) in [4.78, 5) is 24.1. The van der Waals surface area contributed by atoms with Gasteiger partial charge in [-0.3, -0.25) is 0 Å². The molecule has 0 aliphatic heterocycles. The van der Waals surface area contributed by atoms with Crippen LogP contribution in [0.2, 0.25) is 15.1 Å². The number of aliphatic hydroxyl groups is 1. The average molecular weight is 645 g/mol. The third-order valence-corrected chi connectivity index (χ3v) is 9.93. The lowest BCUT2D eigenvalue weighted by Crippen LogP contribution is -2.40. The maximum Gasteiger partial charge on any atom is 0.336 e. The van der Waals surface area contributed by atoms with Gasteiger partial charge in [0.05, 0.1) is 37.5 Å². The number of ether oxygens (including phenoxy) is 1. The summed E-state index contributed by atoms with van der Waals surface area (Å²) in [7, 11) is 0. The van der Waals surface area contributed by atoms with E-state index >= 15 is 0 Å². The van der Waals surface area contributed by atoms with Crippen LogP contribution in [0.4, 0.5) is 0 Å². The van der Waals surface area contributed by atoms with Crippen LogP contribution in [-0.4, -0.2) is 31.6 Å². The fourth-order valence-electron chi connectivity index (χ4n) is 5.56. The first kappa shape index (κ1) is 29.0. The van der Waals surface area contributed by atoms with E-state index in [1.807, 2.05) is 0 Å². The number of halogens is 3. The largest absolute Gasteiger partial charge is 0.489 e. The standard InChI is InChI=1S/C31H24Cl3NO6S/c32-23-2-1-3-24(33)26(23)27-21(28(42-35-27)15-4-5-15)14-41-18-7-9-22(25(34)11-18)31(40)12-17(13-31)16-6-8-19(29(36)37)20(10-16)30(38)39/h1-3,6-11,15,17,40H,4-5,12-14H2,(H,36,37)(H,38,39). The normalized spacial score (nSPS) is 19.8. The van der Waals surface area contributed by atoms with E-state index in [1.54, 1.807) is 42.5 Å². The molecule has 1 aromatic heterocycles. The molecule has 0 atom stereocenters. The van der Waals surface area contributed by atoms with Crippen molar-refractivity contribution in [2.24, 2.45) is 0 Å². The first-order valence-corrected chi connectivity index (χ1v) is 15.1. The van der Waals surface area contributed by atoms with Crippen LogP contribution in [0.1, 0.15) is 79.8 Å². The van der Waals surface area contributed by atoms with Gasteiger partial charge in [0, 0.05) is 21.6 Å². The number of aromatic nitrogens is 1. The number of hydrogen-bond acceptors (Lipinski definition) is 6. The lowest BCUT2D eigenvalue weighted by Gasteiger charge is -2.45. The van der Waals surface area contributed by atoms with E-state index in [1.165, 1.54) is 28.5 Å². The predicted molar refractivity (Wildman–Crippen MR) is 162 cm³/mol. The molecule has 1 heterocycles. The van der Waals surface area contributed by atoms with E-state index < -0.39 is 17.5 Å². The highest BCUT2D eigenvalue weighted by atomic mass is 35.5. The third-order valence-electron chi connectivity index (χ3n) is 7.94. The number of nitrogens with zero attached hydrogens (tertiary/aromatic N) is 1. The summed E-state index contributed by atoms with van der Waals surface area (Å²) in [6, 6.07) is 14.8. The van der Waals surface area contributed by atoms with Crippen molar-refractivity contribution >= 4 is 58.3 Å². The number of hydrogen-bond donors (Lipinski definition) is 3. The number of rotatable bonds is 9. The third kappa shape index (κ3) is 5.38. The van der Waals surface area contributed by atoms with Gasteiger partial charge < -0.3 is 20.1 Å². The first-order chi connectivity index (χ1) is 20.1. The van der Waals surface area contributed by atoms with Crippen molar-refractivity contribution in [1.29, 1.82) is 0 Å². The van der Waals surface area contributed by atoms with Crippen LogP contribution in [0.25, 0.3) is 11.3 Å². The predicted octanol–water partition coefficient (Wildman–Crippen LogP) is 8.39. The second-order valence-electron chi connectivity index (χ2n) is 10.7. The molecule has 0 unspecified atom stereocenters.